The maximum atomic E-state index is 13.4. The molecular weight excluding hydrogens is 745 g/mol. The SMILES string of the molecule is Clc1nc(N2CCOCC2)c2nc(CBr)ccc2n1.FC1(F)CCN(C2CN(Cc3ccc4nc(Cl)nc(N5CCOCC5)c4n3)C2)CC1. The lowest BCUT2D eigenvalue weighted by atomic mass is 10.0. The van der Waals surface area contributed by atoms with Gasteiger partial charge in [0.25, 0.3) is 5.92 Å². The third-order valence-electron chi connectivity index (χ3n) is 9.24. The topological polar surface area (TPSA) is 109 Å². The summed E-state index contributed by atoms with van der Waals surface area (Å²) in [4.78, 5) is 35.6. The zero-order chi connectivity index (χ0) is 34.0. The molecule has 0 aliphatic carbocycles. The summed E-state index contributed by atoms with van der Waals surface area (Å²) < 4.78 is 37.6. The van der Waals surface area contributed by atoms with E-state index in [0.29, 0.717) is 50.9 Å². The number of piperidine rings is 1. The largest absolute Gasteiger partial charge is 0.378 e. The van der Waals surface area contributed by atoms with E-state index in [9.17, 15) is 8.78 Å². The van der Waals surface area contributed by atoms with Gasteiger partial charge in [-0.2, -0.15) is 9.97 Å². The lowest BCUT2D eigenvalue weighted by molar-refractivity contribution is -0.0807. The second kappa shape index (κ2) is 15.3. The Labute approximate surface area is 301 Å². The predicted octanol–water partition coefficient (Wildman–Crippen LogP) is 4.84. The Morgan fingerprint density at radius 3 is 1.69 bits per heavy atom. The highest BCUT2D eigenvalue weighted by Crippen LogP contribution is 2.31. The molecule has 0 unspecified atom stereocenters. The summed E-state index contributed by atoms with van der Waals surface area (Å²) in [5.74, 6) is -0.940. The van der Waals surface area contributed by atoms with Crippen LogP contribution in [0.15, 0.2) is 24.3 Å². The Hall–Kier alpha value is -2.66. The van der Waals surface area contributed by atoms with Crippen molar-refractivity contribution in [3.8, 4) is 0 Å². The van der Waals surface area contributed by atoms with E-state index >= 15 is 0 Å². The van der Waals surface area contributed by atoms with Gasteiger partial charge in [0.1, 0.15) is 11.0 Å². The van der Waals surface area contributed by atoms with Crippen molar-refractivity contribution in [1.82, 2.24) is 39.7 Å². The molecule has 8 heterocycles. The summed E-state index contributed by atoms with van der Waals surface area (Å²) in [7, 11) is 0. The number of likely N-dealkylation sites (tertiary alicyclic amines) is 2. The van der Waals surface area contributed by atoms with Gasteiger partial charge in [0.05, 0.1) is 48.8 Å². The Morgan fingerprint density at radius 2 is 1.18 bits per heavy atom. The maximum absolute atomic E-state index is 13.4. The number of aromatic nitrogens is 6. The predicted molar refractivity (Wildman–Crippen MR) is 188 cm³/mol. The van der Waals surface area contributed by atoms with Gasteiger partial charge in [0.15, 0.2) is 11.6 Å². The highest BCUT2D eigenvalue weighted by molar-refractivity contribution is 9.08. The molecule has 4 fully saturated rings. The van der Waals surface area contributed by atoms with Crippen LogP contribution >= 0.6 is 39.1 Å². The van der Waals surface area contributed by atoms with Gasteiger partial charge >= 0.3 is 0 Å². The van der Waals surface area contributed by atoms with E-state index in [2.05, 4.69) is 60.4 Å². The van der Waals surface area contributed by atoms with Crippen molar-refractivity contribution in [2.45, 2.75) is 36.7 Å². The number of morpholine rings is 2. The van der Waals surface area contributed by atoms with Gasteiger partial charge in [-0.25, -0.2) is 28.7 Å². The van der Waals surface area contributed by atoms with Crippen LogP contribution in [0, 0.1) is 0 Å². The standard InChI is InChI=1S/C20H25ClF2N6O.C12H12BrClN4O/c21-19-25-16-2-1-14(24-17(16)18(26-19)29-7-9-30-10-8-29)11-27-12-15(13-27)28-5-3-20(22,23)4-6-28;13-7-8-1-2-9-10(15-8)11(17-12(14)16-9)18-3-5-19-6-4-18/h1-2,15H,3-13H2;1-2H,3-7H2. The molecule has 4 saturated heterocycles. The minimum Gasteiger partial charge on any atom is -0.378 e. The van der Waals surface area contributed by atoms with E-state index < -0.39 is 5.92 Å². The summed E-state index contributed by atoms with van der Waals surface area (Å²) in [5, 5.41) is 1.17. The Bertz CT molecular complexity index is 1770. The number of pyridine rings is 2. The fourth-order valence-corrected chi connectivity index (χ4v) is 7.18. The molecule has 49 heavy (non-hydrogen) atoms. The van der Waals surface area contributed by atoms with Crippen LogP contribution in [0.1, 0.15) is 24.2 Å². The molecule has 0 amide bonds. The summed E-state index contributed by atoms with van der Waals surface area (Å²) in [5.41, 5.74) is 4.96. The van der Waals surface area contributed by atoms with Crippen molar-refractivity contribution in [2.75, 3.05) is 88.6 Å². The first-order valence-electron chi connectivity index (χ1n) is 16.5. The van der Waals surface area contributed by atoms with Gasteiger partial charge in [-0.05, 0) is 47.5 Å². The smallest absolute Gasteiger partial charge is 0.250 e. The van der Waals surface area contributed by atoms with Gasteiger partial charge in [0.2, 0.25) is 10.6 Å². The summed E-state index contributed by atoms with van der Waals surface area (Å²) in [6.45, 7) is 9.25. The van der Waals surface area contributed by atoms with Crippen molar-refractivity contribution in [3.63, 3.8) is 0 Å². The highest BCUT2D eigenvalue weighted by Gasteiger charge is 2.39. The number of alkyl halides is 3. The molecule has 0 spiro atoms. The molecule has 0 bridgehead atoms. The molecule has 4 aliphatic rings. The van der Waals surface area contributed by atoms with Crippen molar-refractivity contribution in [3.05, 3.63) is 46.2 Å². The Morgan fingerprint density at radius 1 is 0.694 bits per heavy atom. The van der Waals surface area contributed by atoms with E-state index in [4.69, 9.17) is 37.7 Å². The Kier molecular flexibility index (Phi) is 10.9. The minimum absolute atomic E-state index is 0.0252. The summed E-state index contributed by atoms with van der Waals surface area (Å²) in [6.07, 6.45) is -0.0504. The molecule has 0 N–H and O–H groups in total. The molecule has 0 saturated carbocycles. The number of rotatable bonds is 6. The number of nitrogens with zero attached hydrogens (tertiary/aromatic N) is 10. The van der Waals surface area contributed by atoms with E-state index in [1.807, 2.05) is 24.3 Å². The van der Waals surface area contributed by atoms with Crippen LogP contribution in [0.5, 0.6) is 0 Å². The normalized spacial score (nSPS) is 20.7. The second-order valence-electron chi connectivity index (χ2n) is 12.5. The molecule has 0 atom stereocenters. The van der Waals surface area contributed by atoms with Crippen molar-refractivity contribution in [2.24, 2.45) is 0 Å². The van der Waals surface area contributed by atoms with Crippen LogP contribution < -0.4 is 9.80 Å². The number of hydrogen-bond donors (Lipinski definition) is 0. The second-order valence-corrected chi connectivity index (χ2v) is 13.8. The number of halogens is 5. The Balaban J connectivity index is 0.000000171. The van der Waals surface area contributed by atoms with E-state index in [1.165, 1.54) is 0 Å². The van der Waals surface area contributed by atoms with Gasteiger partial charge in [-0.1, -0.05) is 15.9 Å². The zero-order valence-electron chi connectivity index (χ0n) is 26.9. The zero-order valence-corrected chi connectivity index (χ0v) is 30.0. The summed E-state index contributed by atoms with van der Waals surface area (Å²) >= 11 is 15.6. The van der Waals surface area contributed by atoms with Crippen molar-refractivity contribution >= 4 is 72.8 Å². The first kappa shape index (κ1) is 34.8. The number of hydrogen-bond acceptors (Lipinski definition) is 12. The van der Waals surface area contributed by atoms with Crippen LogP contribution in [0.4, 0.5) is 20.4 Å². The minimum atomic E-state index is -2.49. The average molecular weight is 783 g/mol. The van der Waals surface area contributed by atoms with Gasteiger partial charge in [-0.3, -0.25) is 9.80 Å². The van der Waals surface area contributed by atoms with E-state index in [0.717, 1.165) is 90.9 Å². The van der Waals surface area contributed by atoms with Gasteiger partial charge in [-0.15, -0.1) is 0 Å². The van der Waals surface area contributed by atoms with Crippen molar-refractivity contribution < 1.29 is 18.3 Å². The molecule has 4 aromatic heterocycles. The van der Waals surface area contributed by atoms with Crippen LogP contribution in [-0.4, -0.2) is 130 Å². The van der Waals surface area contributed by atoms with Gasteiger partial charge in [0, 0.05) is 83.1 Å². The highest BCUT2D eigenvalue weighted by atomic mass is 79.9. The molecule has 4 aromatic rings. The van der Waals surface area contributed by atoms with Gasteiger partial charge < -0.3 is 19.3 Å². The monoisotopic (exact) mass is 780 g/mol. The van der Waals surface area contributed by atoms with Crippen LogP contribution in [-0.2, 0) is 21.3 Å². The summed E-state index contributed by atoms with van der Waals surface area (Å²) in [6, 6.07) is 8.15. The van der Waals surface area contributed by atoms with Crippen molar-refractivity contribution in [1.29, 1.82) is 0 Å². The van der Waals surface area contributed by atoms with Crippen LogP contribution in [0.25, 0.3) is 22.1 Å². The number of anilines is 2. The third-order valence-corrected chi connectivity index (χ3v) is 10.1. The maximum Gasteiger partial charge on any atom is 0.250 e. The lowest BCUT2D eigenvalue weighted by Crippen LogP contribution is -2.61. The molecule has 4 aliphatic heterocycles. The third kappa shape index (κ3) is 8.29. The molecule has 262 valence electrons. The fourth-order valence-electron chi connectivity index (χ4n) is 6.53. The lowest BCUT2D eigenvalue weighted by Gasteiger charge is -2.47. The van der Waals surface area contributed by atoms with E-state index in [-0.39, 0.29) is 23.4 Å². The number of fused-ring (bicyclic) bond motifs is 2. The molecule has 0 aromatic carbocycles. The molecule has 12 nitrogen and oxygen atoms in total. The molecule has 8 rings (SSSR count). The molecular formula is C32H37BrCl2F2N10O2. The molecule has 17 heteroatoms. The first-order chi connectivity index (χ1) is 23.7. The van der Waals surface area contributed by atoms with Crippen LogP contribution in [0.2, 0.25) is 10.6 Å². The number of ether oxygens (including phenoxy) is 2. The first-order valence-corrected chi connectivity index (χ1v) is 18.3. The average Bonchev–Trinajstić information content (AvgIpc) is 3.10. The van der Waals surface area contributed by atoms with Crippen LogP contribution in [0.3, 0.4) is 0 Å². The quantitative estimate of drug-likeness (QED) is 0.197. The fraction of sp³-hybridized carbons (Fsp3) is 0.562. The molecule has 0 radical (unpaired) electrons. The van der Waals surface area contributed by atoms with E-state index in [1.54, 1.807) is 0 Å².